The van der Waals surface area contributed by atoms with E-state index in [4.69, 9.17) is 9.47 Å². The molecule has 1 N–H and O–H groups in total. The van der Waals surface area contributed by atoms with Crippen LogP contribution in [0.3, 0.4) is 0 Å². The number of benzene rings is 2. The van der Waals surface area contributed by atoms with Crippen LogP contribution in [0.2, 0.25) is 0 Å². The van der Waals surface area contributed by atoms with E-state index in [0.717, 1.165) is 77.0 Å². The van der Waals surface area contributed by atoms with Gasteiger partial charge in [0.15, 0.2) is 6.10 Å². The molecule has 0 radical (unpaired) electrons. The second kappa shape index (κ2) is 15.8. The summed E-state index contributed by atoms with van der Waals surface area (Å²) in [6.45, 7) is 6.63. The van der Waals surface area contributed by atoms with E-state index in [2.05, 4.69) is 54.0 Å². The van der Waals surface area contributed by atoms with Crippen LogP contribution in [-0.4, -0.2) is 134 Å². The lowest BCUT2D eigenvalue weighted by atomic mass is 10.0. The molecular weight excluding hydrogens is 744 g/mol. The fourth-order valence-corrected chi connectivity index (χ4v) is 8.06. The number of hydrogen-bond donors (Lipinski definition) is 1. The Balaban J connectivity index is 1.06. The smallest absolute Gasteiger partial charge is 0.410 e. The Hall–Kier alpha value is -2.87. The van der Waals surface area contributed by atoms with Crippen LogP contribution in [0.1, 0.15) is 36.8 Å². The fraction of sp³-hybridized carbons (Fsp3) is 0.571. The van der Waals surface area contributed by atoms with Crippen molar-refractivity contribution in [1.82, 2.24) is 24.5 Å². The van der Waals surface area contributed by atoms with Crippen molar-refractivity contribution in [3.05, 3.63) is 56.5 Å². The first kappa shape index (κ1) is 35.0. The molecule has 2 aromatic rings. The summed E-state index contributed by atoms with van der Waals surface area (Å²) >= 11 is 7.09. The van der Waals surface area contributed by atoms with Gasteiger partial charge >= 0.3 is 12.1 Å². The molecule has 3 fully saturated rings. The highest BCUT2D eigenvalue weighted by molar-refractivity contribution is 9.13. The monoisotopic (exact) mass is 788 g/mol. The number of carbonyl (C=O) groups excluding carboxylic acids is 3. The normalized spacial score (nSPS) is 20.9. The van der Waals surface area contributed by atoms with Crippen LogP contribution in [-0.2, 0) is 22.4 Å². The summed E-state index contributed by atoms with van der Waals surface area (Å²) in [5.41, 5.74) is 2.76. The Labute approximate surface area is 300 Å². The zero-order valence-corrected chi connectivity index (χ0v) is 31.0. The standard InChI is InChI=1S/C35H46Br2N6O5/c1-39-12-8-26(9-13-39)40-17-19-41(20-18-40)33(44)32(22-24-3-5-29(36)30(37)21-24)48-35(46)42-14-10-27(11-15-42)43-16-7-25-23-28(47-2)4-6-31(25)38-34(43)45/h3-6,21,23,26-27,32H,7-20,22H2,1-2H3,(H,38,45)/t32-/m1/s1. The van der Waals surface area contributed by atoms with Crippen molar-refractivity contribution in [1.29, 1.82) is 0 Å². The molecule has 0 aromatic heterocycles. The van der Waals surface area contributed by atoms with Gasteiger partial charge in [-0.25, -0.2) is 9.59 Å². The molecule has 0 bridgehead atoms. The topological polar surface area (TPSA) is 97.9 Å². The lowest BCUT2D eigenvalue weighted by molar-refractivity contribution is -0.143. The highest BCUT2D eigenvalue weighted by atomic mass is 79.9. The third kappa shape index (κ3) is 8.28. The molecule has 13 heteroatoms. The molecule has 6 rings (SSSR count). The Kier molecular flexibility index (Phi) is 11.5. The van der Waals surface area contributed by atoms with E-state index in [1.54, 1.807) is 12.0 Å². The summed E-state index contributed by atoms with van der Waals surface area (Å²) in [5.74, 6) is 0.625. The van der Waals surface area contributed by atoms with E-state index in [9.17, 15) is 14.4 Å². The number of methoxy groups -OCH3 is 1. The first-order chi connectivity index (χ1) is 23.2. The number of ether oxygens (including phenoxy) is 2. The van der Waals surface area contributed by atoms with Crippen LogP contribution in [0, 0.1) is 0 Å². The Morgan fingerprint density at radius 3 is 2.25 bits per heavy atom. The second-order valence-electron chi connectivity index (χ2n) is 13.3. The minimum atomic E-state index is -0.926. The number of hydrogen-bond acceptors (Lipinski definition) is 7. The number of carbonyl (C=O) groups is 3. The summed E-state index contributed by atoms with van der Waals surface area (Å²) in [7, 11) is 3.81. The van der Waals surface area contributed by atoms with Gasteiger partial charge in [-0.15, -0.1) is 0 Å². The number of nitrogens with zero attached hydrogens (tertiary/aromatic N) is 5. The van der Waals surface area contributed by atoms with Crippen LogP contribution in [0.5, 0.6) is 5.75 Å². The maximum absolute atomic E-state index is 14.0. The molecule has 11 nitrogen and oxygen atoms in total. The highest BCUT2D eigenvalue weighted by Gasteiger charge is 2.36. The zero-order valence-electron chi connectivity index (χ0n) is 27.8. The molecule has 4 amide bonds. The van der Waals surface area contributed by atoms with E-state index < -0.39 is 12.2 Å². The molecule has 1 atom stereocenters. The molecule has 4 heterocycles. The third-order valence-corrected chi connectivity index (χ3v) is 12.2. The van der Waals surface area contributed by atoms with Crippen LogP contribution < -0.4 is 10.1 Å². The predicted molar refractivity (Wildman–Crippen MR) is 192 cm³/mol. The van der Waals surface area contributed by atoms with Crippen LogP contribution >= 0.6 is 31.9 Å². The molecule has 4 aliphatic rings. The van der Waals surface area contributed by atoms with Crippen LogP contribution in [0.4, 0.5) is 15.3 Å². The van der Waals surface area contributed by atoms with Crippen molar-refractivity contribution in [3.63, 3.8) is 0 Å². The number of piperidine rings is 2. The summed E-state index contributed by atoms with van der Waals surface area (Å²) in [6, 6.07) is 12.0. The molecule has 0 aliphatic carbocycles. The summed E-state index contributed by atoms with van der Waals surface area (Å²) < 4.78 is 13.2. The second-order valence-corrected chi connectivity index (χ2v) is 15.0. The summed E-state index contributed by atoms with van der Waals surface area (Å²) in [4.78, 5) is 51.1. The van der Waals surface area contributed by atoms with Gasteiger partial charge in [-0.1, -0.05) is 6.07 Å². The quantitative estimate of drug-likeness (QED) is 0.419. The van der Waals surface area contributed by atoms with Gasteiger partial charge in [-0.3, -0.25) is 9.69 Å². The largest absolute Gasteiger partial charge is 0.497 e. The van der Waals surface area contributed by atoms with Gasteiger partial charge in [0.2, 0.25) is 0 Å². The van der Waals surface area contributed by atoms with Crippen LogP contribution in [0.15, 0.2) is 45.3 Å². The molecule has 2 aromatic carbocycles. The number of urea groups is 1. The minimum Gasteiger partial charge on any atom is -0.497 e. The molecule has 0 unspecified atom stereocenters. The van der Waals surface area contributed by atoms with Crippen LogP contribution in [0.25, 0.3) is 0 Å². The molecule has 0 saturated carbocycles. The maximum atomic E-state index is 14.0. The lowest BCUT2D eigenvalue weighted by Gasteiger charge is -2.42. The summed E-state index contributed by atoms with van der Waals surface area (Å²) in [6.07, 6.45) is 3.20. The van der Waals surface area contributed by atoms with Crippen molar-refractivity contribution in [2.75, 3.05) is 78.4 Å². The first-order valence-corrected chi connectivity index (χ1v) is 18.6. The number of amides is 4. The van der Waals surface area contributed by atoms with Crippen molar-refractivity contribution >= 4 is 55.6 Å². The zero-order chi connectivity index (χ0) is 33.8. The van der Waals surface area contributed by atoms with Crippen molar-refractivity contribution in [3.8, 4) is 5.75 Å². The number of rotatable bonds is 7. The van der Waals surface area contributed by atoms with E-state index in [1.165, 1.54) is 0 Å². The van der Waals surface area contributed by atoms with Crippen molar-refractivity contribution < 1.29 is 23.9 Å². The molecular formula is C35H46Br2N6O5. The Morgan fingerprint density at radius 2 is 1.56 bits per heavy atom. The van der Waals surface area contributed by atoms with E-state index in [-0.39, 0.29) is 18.0 Å². The highest BCUT2D eigenvalue weighted by Crippen LogP contribution is 2.29. The van der Waals surface area contributed by atoms with E-state index >= 15 is 0 Å². The SMILES string of the molecule is COc1ccc2c(c1)CCN(C1CCN(C(=O)O[C@H](Cc3ccc(Br)c(Br)c3)C(=O)N3CCN(C4CCN(C)CC4)CC3)CC1)C(=O)N2. The van der Waals surface area contributed by atoms with Gasteiger partial charge in [0.25, 0.3) is 5.91 Å². The Morgan fingerprint density at radius 1 is 0.854 bits per heavy atom. The number of fused-ring (bicyclic) bond motifs is 1. The first-order valence-electron chi connectivity index (χ1n) is 17.0. The Bertz CT molecular complexity index is 1470. The molecule has 3 saturated heterocycles. The average molecular weight is 791 g/mol. The average Bonchev–Trinajstić information content (AvgIpc) is 3.27. The minimum absolute atomic E-state index is 0.00339. The number of halogens is 2. The van der Waals surface area contributed by atoms with Crippen molar-refractivity contribution in [2.45, 2.75) is 56.7 Å². The maximum Gasteiger partial charge on any atom is 0.410 e. The van der Waals surface area contributed by atoms with Gasteiger partial charge in [-0.05, 0) is 126 Å². The number of piperazine rings is 1. The van der Waals surface area contributed by atoms with Crippen molar-refractivity contribution in [2.24, 2.45) is 0 Å². The van der Waals surface area contributed by atoms with Gasteiger partial charge < -0.3 is 34.4 Å². The van der Waals surface area contributed by atoms with Gasteiger partial charge in [0.1, 0.15) is 5.75 Å². The number of nitrogens with one attached hydrogen (secondary N) is 1. The van der Waals surface area contributed by atoms with E-state index in [0.29, 0.717) is 58.0 Å². The molecule has 4 aliphatic heterocycles. The fourth-order valence-electron chi connectivity index (χ4n) is 7.39. The third-order valence-electron chi connectivity index (χ3n) is 10.4. The van der Waals surface area contributed by atoms with Gasteiger partial charge in [0, 0.05) is 79.0 Å². The summed E-state index contributed by atoms with van der Waals surface area (Å²) in [5, 5.41) is 3.05. The van der Waals surface area contributed by atoms with Gasteiger partial charge in [0.05, 0.1) is 7.11 Å². The molecule has 0 spiro atoms. The van der Waals surface area contributed by atoms with Gasteiger partial charge in [-0.2, -0.15) is 0 Å². The number of likely N-dealkylation sites (tertiary alicyclic amines) is 2. The number of anilines is 1. The lowest BCUT2D eigenvalue weighted by Crippen LogP contribution is -2.56. The predicted octanol–water partition coefficient (Wildman–Crippen LogP) is 5.06. The molecule has 48 heavy (non-hydrogen) atoms. The van der Waals surface area contributed by atoms with E-state index in [1.807, 2.05) is 46.2 Å². The molecule has 260 valence electrons.